The number of carbonyl (C=O) groups is 1. The topological polar surface area (TPSA) is 36.4 Å². The van der Waals surface area contributed by atoms with E-state index in [1.807, 2.05) is 31.1 Å². The second-order valence-electron chi connectivity index (χ2n) is 7.03. The highest BCUT2D eigenvalue weighted by atomic mass is 16.2. The van der Waals surface area contributed by atoms with Crippen molar-refractivity contribution in [1.82, 2.24) is 9.88 Å². The molecule has 1 amide bonds. The van der Waals surface area contributed by atoms with E-state index >= 15 is 0 Å². The Hall–Kier alpha value is -2.88. The lowest BCUT2D eigenvalue weighted by Crippen LogP contribution is -2.27. The maximum atomic E-state index is 12.9. The maximum Gasteiger partial charge on any atom is 0.254 e. The molecule has 26 heavy (non-hydrogen) atoms. The van der Waals surface area contributed by atoms with Crippen molar-refractivity contribution in [3.05, 3.63) is 60.3 Å². The Morgan fingerprint density at radius 2 is 1.65 bits per heavy atom. The van der Waals surface area contributed by atoms with Crippen LogP contribution in [0.4, 0.5) is 5.69 Å². The van der Waals surface area contributed by atoms with Crippen LogP contribution >= 0.6 is 0 Å². The molecule has 0 unspecified atom stereocenters. The molecule has 0 saturated carbocycles. The van der Waals surface area contributed by atoms with Gasteiger partial charge in [-0.25, -0.2) is 0 Å². The molecule has 0 atom stereocenters. The Balaban J connectivity index is 1.76. The van der Waals surface area contributed by atoms with E-state index in [4.69, 9.17) is 0 Å². The number of hydrogen-bond donors (Lipinski definition) is 0. The van der Waals surface area contributed by atoms with Gasteiger partial charge in [0.1, 0.15) is 0 Å². The van der Waals surface area contributed by atoms with Crippen molar-refractivity contribution < 1.29 is 4.79 Å². The molecule has 0 aliphatic carbocycles. The molecule has 2 aromatic carbocycles. The highest BCUT2D eigenvalue weighted by Crippen LogP contribution is 2.28. The Morgan fingerprint density at radius 1 is 0.962 bits per heavy atom. The first-order valence-corrected chi connectivity index (χ1v) is 9.09. The lowest BCUT2D eigenvalue weighted by molar-refractivity contribution is 0.0794. The van der Waals surface area contributed by atoms with Gasteiger partial charge in [0, 0.05) is 44.5 Å². The molecule has 1 aromatic heterocycles. The molecule has 0 radical (unpaired) electrons. The van der Waals surface area contributed by atoms with Gasteiger partial charge in [-0.3, -0.25) is 9.78 Å². The van der Waals surface area contributed by atoms with E-state index in [-0.39, 0.29) is 5.91 Å². The highest BCUT2D eigenvalue weighted by molar-refractivity contribution is 6.07. The first-order chi connectivity index (χ1) is 12.6. The number of hydrogen-bond acceptors (Lipinski definition) is 3. The van der Waals surface area contributed by atoms with E-state index in [0.29, 0.717) is 0 Å². The minimum Gasteiger partial charge on any atom is -0.378 e. The largest absolute Gasteiger partial charge is 0.378 e. The van der Waals surface area contributed by atoms with Gasteiger partial charge in [0.05, 0.1) is 11.1 Å². The summed E-state index contributed by atoms with van der Waals surface area (Å²) >= 11 is 0. The van der Waals surface area contributed by atoms with Gasteiger partial charge in [0.15, 0.2) is 0 Å². The van der Waals surface area contributed by atoms with Crippen molar-refractivity contribution in [2.75, 3.05) is 32.1 Å². The van der Waals surface area contributed by atoms with Crippen LogP contribution in [0, 0.1) is 0 Å². The van der Waals surface area contributed by atoms with Crippen LogP contribution in [-0.4, -0.2) is 43.0 Å². The van der Waals surface area contributed by atoms with Crippen LogP contribution in [0.25, 0.3) is 22.0 Å². The van der Waals surface area contributed by atoms with Crippen LogP contribution in [-0.2, 0) is 0 Å². The Kier molecular flexibility index (Phi) is 4.33. The zero-order valence-corrected chi connectivity index (χ0v) is 15.3. The summed E-state index contributed by atoms with van der Waals surface area (Å²) in [6.07, 6.45) is 3.92. The van der Waals surface area contributed by atoms with Crippen molar-refractivity contribution in [3.8, 4) is 11.1 Å². The number of aromatic nitrogens is 1. The van der Waals surface area contributed by atoms with E-state index in [9.17, 15) is 4.79 Å². The average Bonchev–Trinajstić information content (AvgIpc) is 3.21. The SMILES string of the molecule is CN(C)c1ccc(-c2ccc3nccc(C(=O)N4CCCC4)c3c2)cc1. The molecule has 1 fully saturated rings. The Labute approximate surface area is 154 Å². The van der Waals surface area contributed by atoms with E-state index < -0.39 is 0 Å². The normalized spacial score (nSPS) is 14.0. The smallest absolute Gasteiger partial charge is 0.254 e. The maximum absolute atomic E-state index is 12.9. The van der Waals surface area contributed by atoms with Gasteiger partial charge in [0.25, 0.3) is 5.91 Å². The van der Waals surface area contributed by atoms with Crippen molar-refractivity contribution in [3.63, 3.8) is 0 Å². The number of likely N-dealkylation sites (tertiary alicyclic amines) is 1. The van der Waals surface area contributed by atoms with Crippen LogP contribution in [0.1, 0.15) is 23.2 Å². The zero-order valence-electron chi connectivity index (χ0n) is 15.3. The Bertz CT molecular complexity index is 941. The number of anilines is 1. The highest BCUT2D eigenvalue weighted by Gasteiger charge is 2.21. The summed E-state index contributed by atoms with van der Waals surface area (Å²) in [5.74, 6) is 0.120. The summed E-state index contributed by atoms with van der Waals surface area (Å²) in [5.41, 5.74) is 5.03. The molecule has 0 spiro atoms. The molecular formula is C22H23N3O. The van der Waals surface area contributed by atoms with Gasteiger partial charge in [-0.1, -0.05) is 18.2 Å². The predicted octanol–water partition coefficient (Wildman–Crippen LogP) is 4.20. The van der Waals surface area contributed by atoms with Crippen LogP contribution in [0.2, 0.25) is 0 Å². The van der Waals surface area contributed by atoms with Gasteiger partial charge in [-0.2, -0.15) is 0 Å². The molecule has 4 nitrogen and oxygen atoms in total. The molecule has 2 heterocycles. The number of amides is 1. The van der Waals surface area contributed by atoms with Crippen molar-refractivity contribution in [2.24, 2.45) is 0 Å². The van der Waals surface area contributed by atoms with Crippen molar-refractivity contribution in [1.29, 1.82) is 0 Å². The van der Waals surface area contributed by atoms with E-state index in [1.54, 1.807) is 6.20 Å². The first-order valence-electron chi connectivity index (χ1n) is 9.09. The van der Waals surface area contributed by atoms with E-state index in [1.165, 1.54) is 5.69 Å². The number of fused-ring (bicyclic) bond motifs is 1. The number of nitrogens with zero attached hydrogens (tertiary/aromatic N) is 3. The number of pyridine rings is 1. The van der Waals surface area contributed by atoms with Gasteiger partial charge >= 0.3 is 0 Å². The van der Waals surface area contributed by atoms with Crippen LogP contribution in [0.15, 0.2) is 54.7 Å². The van der Waals surface area contributed by atoms with Gasteiger partial charge in [0.2, 0.25) is 0 Å². The molecular weight excluding hydrogens is 322 g/mol. The van der Waals surface area contributed by atoms with Gasteiger partial charge in [-0.15, -0.1) is 0 Å². The van der Waals surface area contributed by atoms with Crippen molar-refractivity contribution in [2.45, 2.75) is 12.8 Å². The molecule has 1 aliphatic rings. The molecule has 4 heteroatoms. The lowest BCUT2D eigenvalue weighted by Gasteiger charge is -2.17. The van der Waals surface area contributed by atoms with Crippen molar-refractivity contribution >= 4 is 22.5 Å². The standard InChI is InChI=1S/C22H23N3O/c1-24(2)18-8-5-16(6-9-18)17-7-10-21-20(15-17)19(11-12-23-21)22(26)25-13-3-4-14-25/h5-12,15H,3-4,13-14H2,1-2H3. The first kappa shape index (κ1) is 16.6. The summed E-state index contributed by atoms with van der Waals surface area (Å²) < 4.78 is 0. The molecule has 0 bridgehead atoms. The van der Waals surface area contributed by atoms with Crippen LogP contribution in [0.5, 0.6) is 0 Å². The van der Waals surface area contributed by atoms with Gasteiger partial charge in [-0.05, 0) is 54.3 Å². The number of benzene rings is 2. The predicted molar refractivity (Wildman–Crippen MR) is 107 cm³/mol. The van der Waals surface area contributed by atoms with Crippen LogP contribution in [0.3, 0.4) is 0 Å². The van der Waals surface area contributed by atoms with Crippen LogP contribution < -0.4 is 4.90 Å². The van der Waals surface area contributed by atoms with E-state index in [0.717, 1.165) is 53.5 Å². The third-order valence-electron chi connectivity index (χ3n) is 5.08. The number of carbonyl (C=O) groups excluding carboxylic acids is 1. The quantitative estimate of drug-likeness (QED) is 0.714. The second-order valence-corrected chi connectivity index (χ2v) is 7.03. The Morgan fingerprint density at radius 3 is 2.35 bits per heavy atom. The summed E-state index contributed by atoms with van der Waals surface area (Å²) in [4.78, 5) is 21.4. The fourth-order valence-corrected chi connectivity index (χ4v) is 3.55. The molecule has 132 valence electrons. The summed E-state index contributed by atoms with van der Waals surface area (Å²) in [6.45, 7) is 1.71. The average molecular weight is 345 g/mol. The minimum atomic E-state index is 0.120. The minimum absolute atomic E-state index is 0.120. The molecule has 3 aromatic rings. The van der Waals surface area contributed by atoms with Gasteiger partial charge < -0.3 is 9.80 Å². The second kappa shape index (κ2) is 6.79. The third kappa shape index (κ3) is 3.03. The fourth-order valence-electron chi connectivity index (χ4n) is 3.55. The monoisotopic (exact) mass is 345 g/mol. The molecule has 1 aliphatic heterocycles. The lowest BCUT2D eigenvalue weighted by atomic mass is 10.00. The molecule has 4 rings (SSSR count). The fraction of sp³-hybridized carbons (Fsp3) is 0.273. The van der Waals surface area contributed by atoms with E-state index in [2.05, 4.69) is 46.3 Å². The molecule has 1 saturated heterocycles. The zero-order chi connectivity index (χ0) is 18.1. The summed E-state index contributed by atoms with van der Waals surface area (Å²) in [6, 6.07) is 16.5. The number of rotatable bonds is 3. The summed E-state index contributed by atoms with van der Waals surface area (Å²) in [7, 11) is 4.07. The summed E-state index contributed by atoms with van der Waals surface area (Å²) in [5, 5.41) is 0.929. The molecule has 0 N–H and O–H groups in total. The third-order valence-corrected chi connectivity index (χ3v) is 5.08.